The second-order valence-corrected chi connectivity index (χ2v) is 13.4. The average molecular weight is 641 g/mol. The number of aliphatic hydroxyl groups is 1. The lowest BCUT2D eigenvalue weighted by Gasteiger charge is -2.34. The summed E-state index contributed by atoms with van der Waals surface area (Å²) >= 11 is 0. The molecule has 47 heavy (non-hydrogen) atoms. The van der Waals surface area contributed by atoms with Crippen LogP contribution in [-0.4, -0.2) is 83.6 Å². The van der Waals surface area contributed by atoms with Gasteiger partial charge in [-0.2, -0.15) is 15.2 Å². The lowest BCUT2D eigenvalue weighted by molar-refractivity contribution is -0.0161. The quantitative estimate of drug-likeness (QED) is 0.334. The van der Waals surface area contributed by atoms with Crippen molar-refractivity contribution in [1.29, 1.82) is 5.26 Å². The van der Waals surface area contributed by atoms with Gasteiger partial charge in [0.15, 0.2) is 5.82 Å². The summed E-state index contributed by atoms with van der Waals surface area (Å²) in [6.07, 6.45) is 8.70. The van der Waals surface area contributed by atoms with E-state index in [4.69, 9.17) is 14.5 Å². The van der Waals surface area contributed by atoms with Gasteiger partial charge in [-0.25, -0.2) is 8.78 Å². The van der Waals surface area contributed by atoms with Gasteiger partial charge in [0.05, 0.1) is 37.0 Å². The lowest BCUT2D eigenvalue weighted by Crippen LogP contribution is -2.51. The smallest absolute Gasteiger partial charge is 0.319 e. The van der Waals surface area contributed by atoms with Crippen molar-refractivity contribution in [3.63, 3.8) is 0 Å². The van der Waals surface area contributed by atoms with Crippen LogP contribution in [0.5, 0.6) is 6.01 Å². The van der Waals surface area contributed by atoms with Gasteiger partial charge in [-0.05, 0) is 85.9 Å². The van der Waals surface area contributed by atoms with E-state index in [-0.39, 0.29) is 46.9 Å². The Kier molecular flexibility index (Phi) is 8.03. The number of allylic oxidation sites excluding steroid dienone is 2. The van der Waals surface area contributed by atoms with Crippen molar-refractivity contribution in [3.8, 4) is 12.1 Å². The van der Waals surface area contributed by atoms with E-state index in [1.165, 1.54) is 18.2 Å². The van der Waals surface area contributed by atoms with Crippen molar-refractivity contribution in [2.24, 2.45) is 0 Å². The number of ether oxygens (including phenoxy) is 2. The Labute approximate surface area is 272 Å². The Morgan fingerprint density at radius 2 is 1.83 bits per heavy atom. The maximum absolute atomic E-state index is 16.7. The number of halogens is 2. The van der Waals surface area contributed by atoms with E-state index in [9.17, 15) is 10.4 Å². The SMILES string of the molecule is N#Cc1cccc2c1CC/C(c1c(F)cc3c(N4CC5CCC(C4)N5)nc(OCCCN4C5CCC4COC5)nc3c1F)=C\C(O)=C2. The molecule has 2 N–H and O–H groups in total. The number of rotatable bonds is 7. The zero-order valence-corrected chi connectivity index (χ0v) is 26.2. The van der Waals surface area contributed by atoms with E-state index in [0.717, 1.165) is 57.4 Å². The van der Waals surface area contributed by atoms with Crippen LogP contribution in [-0.2, 0) is 11.2 Å². The van der Waals surface area contributed by atoms with Crippen molar-refractivity contribution in [2.75, 3.05) is 44.4 Å². The molecule has 1 aromatic heterocycles. The highest BCUT2D eigenvalue weighted by Crippen LogP contribution is 2.38. The van der Waals surface area contributed by atoms with Crippen LogP contribution in [0.25, 0.3) is 22.6 Å². The number of hydrogen-bond donors (Lipinski definition) is 2. The number of nitrogens with zero attached hydrogens (tertiary/aromatic N) is 5. The molecule has 244 valence electrons. The number of fused-ring (bicyclic) bond motifs is 6. The summed E-state index contributed by atoms with van der Waals surface area (Å²) < 4.78 is 44.6. The largest absolute Gasteiger partial charge is 0.508 e. The van der Waals surface area contributed by atoms with Gasteiger partial charge in [0.25, 0.3) is 0 Å². The molecule has 5 aliphatic rings. The Morgan fingerprint density at radius 1 is 1.04 bits per heavy atom. The second kappa shape index (κ2) is 12.5. The van der Waals surface area contributed by atoms with Crippen LogP contribution in [0.1, 0.15) is 60.8 Å². The Hall–Kier alpha value is -4.11. The molecule has 0 saturated carbocycles. The topological polar surface area (TPSA) is 107 Å². The molecule has 4 bridgehead atoms. The molecule has 0 spiro atoms. The van der Waals surface area contributed by atoms with Crippen molar-refractivity contribution < 1.29 is 23.4 Å². The Morgan fingerprint density at radius 3 is 2.60 bits per heavy atom. The van der Waals surface area contributed by atoms with Crippen LogP contribution in [0.15, 0.2) is 36.1 Å². The Bertz CT molecular complexity index is 1790. The molecule has 4 aliphatic heterocycles. The van der Waals surface area contributed by atoms with Gasteiger partial charge in [0.1, 0.15) is 22.9 Å². The highest BCUT2D eigenvalue weighted by molar-refractivity contribution is 5.93. The first-order chi connectivity index (χ1) is 22.9. The van der Waals surface area contributed by atoms with E-state index < -0.39 is 11.6 Å². The minimum atomic E-state index is -0.815. The molecule has 0 amide bonds. The van der Waals surface area contributed by atoms with Crippen LogP contribution in [0, 0.1) is 23.0 Å². The molecule has 1 aliphatic carbocycles. The number of benzene rings is 2. The molecule has 9 nitrogen and oxygen atoms in total. The van der Waals surface area contributed by atoms with Gasteiger partial charge in [0, 0.05) is 49.2 Å². The first-order valence-electron chi connectivity index (χ1n) is 16.8. The lowest BCUT2D eigenvalue weighted by atomic mass is 9.89. The summed E-state index contributed by atoms with van der Waals surface area (Å²) in [6, 6.07) is 10.4. The zero-order valence-electron chi connectivity index (χ0n) is 26.2. The van der Waals surface area contributed by atoms with Crippen LogP contribution < -0.4 is 15.0 Å². The maximum Gasteiger partial charge on any atom is 0.319 e. The fourth-order valence-electron chi connectivity index (χ4n) is 8.25. The molecular weight excluding hydrogens is 602 g/mol. The van der Waals surface area contributed by atoms with Crippen molar-refractivity contribution in [1.82, 2.24) is 20.2 Å². The first kappa shape index (κ1) is 30.2. The summed E-state index contributed by atoms with van der Waals surface area (Å²) in [4.78, 5) is 13.9. The number of anilines is 1. The fraction of sp³-hybridized carbons (Fsp3) is 0.472. The number of aliphatic hydroxyl groups excluding tert-OH is 1. The molecule has 8 rings (SSSR count). The molecule has 2 aromatic carbocycles. The van der Waals surface area contributed by atoms with Crippen LogP contribution in [0.3, 0.4) is 0 Å². The number of hydrogen-bond acceptors (Lipinski definition) is 9. The summed E-state index contributed by atoms with van der Waals surface area (Å²) in [7, 11) is 0. The molecule has 5 heterocycles. The number of aromatic nitrogens is 2. The van der Waals surface area contributed by atoms with E-state index in [2.05, 4.69) is 26.2 Å². The maximum atomic E-state index is 16.7. The average Bonchev–Trinajstić information content (AvgIpc) is 3.50. The van der Waals surface area contributed by atoms with Crippen LogP contribution in [0.4, 0.5) is 14.6 Å². The molecule has 4 atom stereocenters. The number of nitriles is 1. The monoisotopic (exact) mass is 640 g/mol. The normalized spacial score (nSPS) is 26.6. The molecule has 4 fully saturated rings. The third-order valence-electron chi connectivity index (χ3n) is 10.5. The Balaban J connectivity index is 1.13. The second-order valence-electron chi connectivity index (χ2n) is 13.4. The van der Waals surface area contributed by atoms with Gasteiger partial charge >= 0.3 is 6.01 Å². The molecule has 11 heteroatoms. The van der Waals surface area contributed by atoms with Crippen LogP contribution in [0.2, 0.25) is 0 Å². The van der Waals surface area contributed by atoms with Gasteiger partial charge in [-0.3, -0.25) is 4.90 Å². The fourth-order valence-corrected chi connectivity index (χ4v) is 8.25. The molecule has 4 saturated heterocycles. The molecule has 3 aromatic rings. The van der Waals surface area contributed by atoms with Gasteiger partial charge in [0.2, 0.25) is 0 Å². The van der Waals surface area contributed by atoms with Crippen molar-refractivity contribution >= 4 is 28.4 Å². The van der Waals surface area contributed by atoms with E-state index in [1.807, 2.05) is 6.07 Å². The zero-order chi connectivity index (χ0) is 32.1. The van der Waals surface area contributed by atoms with Crippen molar-refractivity contribution in [2.45, 2.75) is 69.1 Å². The third kappa shape index (κ3) is 5.73. The molecular formula is C36H38F2N6O3. The highest BCUT2D eigenvalue weighted by Gasteiger charge is 2.37. The van der Waals surface area contributed by atoms with Crippen LogP contribution >= 0.6 is 0 Å². The highest BCUT2D eigenvalue weighted by atomic mass is 19.1. The predicted molar refractivity (Wildman–Crippen MR) is 174 cm³/mol. The molecule has 0 radical (unpaired) electrons. The summed E-state index contributed by atoms with van der Waals surface area (Å²) in [5.41, 5.74) is 1.95. The summed E-state index contributed by atoms with van der Waals surface area (Å²) in [6.45, 7) is 4.15. The van der Waals surface area contributed by atoms with E-state index in [0.29, 0.717) is 60.5 Å². The van der Waals surface area contributed by atoms with Gasteiger partial charge in [-0.1, -0.05) is 12.1 Å². The number of nitrogens with one attached hydrogen (secondary N) is 1. The molecule has 4 unspecified atom stereocenters. The number of piperazine rings is 1. The minimum absolute atomic E-state index is 0.0111. The predicted octanol–water partition coefficient (Wildman–Crippen LogP) is 5.28. The van der Waals surface area contributed by atoms with E-state index in [1.54, 1.807) is 12.1 Å². The third-order valence-corrected chi connectivity index (χ3v) is 10.5. The minimum Gasteiger partial charge on any atom is -0.508 e. The van der Waals surface area contributed by atoms with Gasteiger partial charge in [-0.15, -0.1) is 0 Å². The summed E-state index contributed by atoms with van der Waals surface area (Å²) in [5.74, 6) is -1.24. The number of morpholine rings is 1. The standard InChI is InChI=1S/C36H38F2N6O3/c37-31-15-30-34(33(38)32(31)22-5-10-29-21(13-28(45)14-22)3-1-4-23(29)16-39)41-36(42-35(30)43-17-24-6-7-25(18-43)40-24)47-12-2-11-44-26-8-9-27(44)20-46-19-26/h1,3-4,13-15,24-27,40,45H,2,5-12,17-20H2/b22-14+,28-13?. The van der Waals surface area contributed by atoms with E-state index >= 15 is 8.78 Å². The summed E-state index contributed by atoms with van der Waals surface area (Å²) in [5, 5.41) is 24.4. The first-order valence-corrected chi connectivity index (χ1v) is 16.8. The van der Waals surface area contributed by atoms with Crippen molar-refractivity contribution in [3.05, 3.63) is 70.0 Å². The van der Waals surface area contributed by atoms with Gasteiger partial charge < -0.3 is 24.8 Å².